The summed E-state index contributed by atoms with van der Waals surface area (Å²) < 4.78 is 5.14. The first-order chi connectivity index (χ1) is 13.2. The first-order valence-corrected chi connectivity index (χ1v) is 9.67. The molecule has 0 amide bonds. The fraction of sp³-hybridized carbons (Fsp3) is 0.211. The van der Waals surface area contributed by atoms with Gasteiger partial charge in [-0.25, -0.2) is 4.98 Å². The molecule has 7 nitrogen and oxygen atoms in total. The van der Waals surface area contributed by atoms with Crippen LogP contribution in [0.5, 0.6) is 0 Å². The summed E-state index contributed by atoms with van der Waals surface area (Å²) in [5.41, 5.74) is 4.33. The maximum Gasteiger partial charge on any atom is 0.346 e. The van der Waals surface area contributed by atoms with Crippen LogP contribution in [0, 0.1) is 0 Å². The van der Waals surface area contributed by atoms with Crippen molar-refractivity contribution in [1.82, 2.24) is 30.1 Å². The standard InChI is InChI=1S/C19H17N7S/c1-12(2)25-9-13(7-21-25)16-8-20-18-19(22-16)26(24-23-18)10-14-11-27-17-6-4-3-5-15(14)17/h3-9,11-12H,10H2,1-2H3/p+1. The van der Waals surface area contributed by atoms with E-state index >= 15 is 0 Å². The van der Waals surface area contributed by atoms with Crippen molar-refractivity contribution >= 4 is 32.7 Å². The smallest absolute Gasteiger partial charge is 0.270 e. The van der Waals surface area contributed by atoms with Crippen LogP contribution in [-0.4, -0.2) is 30.1 Å². The van der Waals surface area contributed by atoms with Crippen LogP contribution in [0.25, 0.3) is 32.6 Å². The van der Waals surface area contributed by atoms with E-state index in [9.17, 15) is 0 Å². The summed E-state index contributed by atoms with van der Waals surface area (Å²) in [5, 5.41) is 15.2. The average Bonchev–Trinajstić information content (AvgIpc) is 3.41. The molecule has 0 aliphatic rings. The normalized spacial score (nSPS) is 11.8. The number of thiophene rings is 1. The van der Waals surface area contributed by atoms with Crippen LogP contribution < -0.4 is 4.68 Å². The van der Waals surface area contributed by atoms with E-state index < -0.39 is 0 Å². The minimum Gasteiger partial charge on any atom is -0.270 e. The zero-order chi connectivity index (χ0) is 18.4. The lowest BCUT2D eigenvalue weighted by Crippen LogP contribution is -2.37. The lowest BCUT2D eigenvalue weighted by atomic mass is 10.2. The van der Waals surface area contributed by atoms with Gasteiger partial charge < -0.3 is 0 Å². The van der Waals surface area contributed by atoms with E-state index in [-0.39, 0.29) is 0 Å². The minimum atomic E-state index is 0.307. The van der Waals surface area contributed by atoms with E-state index in [0.717, 1.165) is 16.9 Å². The molecule has 0 bridgehead atoms. The Bertz CT molecular complexity index is 1250. The molecule has 0 saturated heterocycles. The topological polar surface area (TPSA) is 76.2 Å². The van der Waals surface area contributed by atoms with Crippen LogP contribution in [0.4, 0.5) is 0 Å². The van der Waals surface area contributed by atoms with E-state index in [0.29, 0.717) is 18.2 Å². The van der Waals surface area contributed by atoms with E-state index in [1.54, 1.807) is 17.5 Å². The average molecular weight is 376 g/mol. The summed E-state index contributed by atoms with van der Waals surface area (Å²) in [7, 11) is 0. The van der Waals surface area contributed by atoms with Crippen LogP contribution in [0.15, 0.2) is 48.2 Å². The molecule has 4 heterocycles. The third-order valence-electron chi connectivity index (χ3n) is 4.58. The molecule has 4 aromatic heterocycles. The van der Waals surface area contributed by atoms with Crippen LogP contribution in [0.3, 0.4) is 0 Å². The highest BCUT2D eigenvalue weighted by Gasteiger charge is 2.20. The van der Waals surface area contributed by atoms with Gasteiger partial charge in [0.1, 0.15) is 6.54 Å². The molecule has 0 atom stereocenters. The molecular formula is C19H18N7S+. The number of aromatic nitrogens is 7. The second-order valence-electron chi connectivity index (χ2n) is 6.76. The van der Waals surface area contributed by atoms with E-state index in [1.807, 2.05) is 21.8 Å². The van der Waals surface area contributed by atoms with Gasteiger partial charge in [-0.1, -0.05) is 23.2 Å². The summed E-state index contributed by atoms with van der Waals surface area (Å²) in [6.07, 6.45) is 5.57. The van der Waals surface area contributed by atoms with Crippen molar-refractivity contribution in [3.63, 3.8) is 0 Å². The van der Waals surface area contributed by atoms with Gasteiger partial charge in [-0.05, 0) is 30.7 Å². The molecule has 0 fully saturated rings. The number of rotatable bonds is 4. The Balaban J connectivity index is 1.55. The molecule has 0 radical (unpaired) electrons. The summed E-state index contributed by atoms with van der Waals surface area (Å²) >= 11 is 1.75. The molecule has 5 aromatic rings. The van der Waals surface area contributed by atoms with Gasteiger partial charge in [0.15, 0.2) is 5.69 Å². The highest BCUT2D eigenvalue weighted by molar-refractivity contribution is 7.17. The van der Waals surface area contributed by atoms with Gasteiger partial charge in [-0.15, -0.1) is 16.6 Å². The lowest BCUT2D eigenvalue weighted by Gasteiger charge is -2.02. The van der Waals surface area contributed by atoms with Crippen LogP contribution >= 0.6 is 11.3 Å². The monoisotopic (exact) mass is 376 g/mol. The Labute approximate surface area is 159 Å². The van der Waals surface area contributed by atoms with Gasteiger partial charge >= 0.3 is 11.3 Å². The summed E-state index contributed by atoms with van der Waals surface area (Å²) in [6.45, 7) is 4.87. The second-order valence-corrected chi connectivity index (χ2v) is 7.67. The number of nitrogens with zero attached hydrogens (tertiary/aromatic N) is 6. The zero-order valence-corrected chi connectivity index (χ0v) is 15.8. The largest absolute Gasteiger partial charge is 0.346 e. The number of nitrogens with one attached hydrogen (secondary N) is 1. The zero-order valence-electron chi connectivity index (χ0n) is 15.0. The third-order valence-corrected chi connectivity index (χ3v) is 5.60. The summed E-state index contributed by atoms with van der Waals surface area (Å²) in [5.74, 6) is 0. The van der Waals surface area contributed by atoms with Crippen molar-refractivity contribution in [3.8, 4) is 11.3 Å². The molecule has 134 valence electrons. The van der Waals surface area contributed by atoms with Crippen molar-refractivity contribution in [2.75, 3.05) is 0 Å². The molecular weight excluding hydrogens is 358 g/mol. The van der Waals surface area contributed by atoms with Gasteiger partial charge in [0, 0.05) is 27.6 Å². The van der Waals surface area contributed by atoms with Gasteiger partial charge in [-0.3, -0.25) is 4.68 Å². The molecule has 1 aromatic carbocycles. The first-order valence-electron chi connectivity index (χ1n) is 8.79. The molecule has 0 spiro atoms. The highest BCUT2D eigenvalue weighted by atomic mass is 32.1. The van der Waals surface area contributed by atoms with Gasteiger partial charge in [0.2, 0.25) is 0 Å². The number of H-pyrrole nitrogens is 1. The van der Waals surface area contributed by atoms with Crippen LogP contribution in [0.1, 0.15) is 25.5 Å². The Hall–Kier alpha value is -3.13. The summed E-state index contributed by atoms with van der Waals surface area (Å²) in [6, 6.07) is 8.73. The van der Waals surface area contributed by atoms with Crippen molar-refractivity contribution < 1.29 is 4.68 Å². The third kappa shape index (κ3) is 2.78. The fourth-order valence-electron chi connectivity index (χ4n) is 3.12. The van der Waals surface area contributed by atoms with Crippen LogP contribution in [0.2, 0.25) is 0 Å². The first kappa shape index (κ1) is 16.1. The molecule has 8 heteroatoms. The van der Waals surface area contributed by atoms with Gasteiger partial charge in [0.05, 0.1) is 18.0 Å². The molecule has 5 rings (SSSR count). The lowest BCUT2D eigenvalue weighted by molar-refractivity contribution is -0.724. The molecule has 0 unspecified atom stereocenters. The molecule has 0 aliphatic heterocycles. The Morgan fingerprint density at radius 3 is 2.96 bits per heavy atom. The molecule has 0 aliphatic carbocycles. The number of hydrogen-bond acceptors (Lipinski definition) is 5. The van der Waals surface area contributed by atoms with Crippen molar-refractivity contribution in [2.24, 2.45) is 0 Å². The van der Waals surface area contributed by atoms with Crippen molar-refractivity contribution in [1.29, 1.82) is 0 Å². The number of fused-ring (bicyclic) bond motifs is 2. The van der Waals surface area contributed by atoms with E-state index in [4.69, 9.17) is 4.98 Å². The van der Waals surface area contributed by atoms with Gasteiger partial charge in [-0.2, -0.15) is 9.78 Å². The predicted octanol–water partition coefficient (Wildman–Crippen LogP) is 3.35. The maximum absolute atomic E-state index is 4.80. The Kier molecular flexibility index (Phi) is 3.71. The van der Waals surface area contributed by atoms with Crippen LogP contribution in [-0.2, 0) is 6.54 Å². The van der Waals surface area contributed by atoms with Crippen molar-refractivity contribution in [3.05, 3.63) is 53.8 Å². The highest BCUT2D eigenvalue weighted by Crippen LogP contribution is 2.25. The Morgan fingerprint density at radius 2 is 2.11 bits per heavy atom. The molecule has 0 saturated carbocycles. The summed E-state index contributed by atoms with van der Waals surface area (Å²) in [4.78, 5) is 9.26. The van der Waals surface area contributed by atoms with E-state index in [2.05, 4.69) is 63.9 Å². The maximum atomic E-state index is 4.80. The minimum absolute atomic E-state index is 0.307. The number of hydrogen-bond donors (Lipinski definition) is 1. The SMILES string of the molecule is CC(C)n1cc(-c2cnc3n[nH][n+](Cc4csc5ccccc45)c3n2)cn1. The predicted molar refractivity (Wildman–Crippen MR) is 104 cm³/mol. The molecule has 1 N–H and O–H groups in total. The number of benzene rings is 1. The second kappa shape index (κ2) is 6.24. The fourth-order valence-corrected chi connectivity index (χ4v) is 4.07. The molecule has 27 heavy (non-hydrogen) atoms. The quantitative estimate of drug-likeness (QED) is 0.488. The Morgan fingerprint density at radius 1 is 1.22 bits per heavy atom. The van der Waals surface area contributed by atoms with Crippen molar-refractivity contribution in [2.45, 2.75) is 26.4 Å². The number of aromatic amines is 1. The van der Waals surface area contributed by atoms with E-state index in [1.165, 1.54) is 15.6 Å². The van der Waals surface area contributed by atoms with Gasteiger partial charge in [0.25, 0.3) is 0 Å².